The molecular formula is C13H11NORu+. The maximum atomic E-state index is 9.24. The van der Waals surface area contributed by atoms with E-state index >= 15 is 0 Å². The Bertz CT molecular complexity index is 508. The molecule has 1 aromatic carbocycles. The molecule has 1 aromatic rings. The normalized spacial score (nSPS) is 18.7. The molecule has 0 saturated carbocycles. The predicted molar refractivity (Wildman–Crippen MR) is 59.1 cm³/mol. The number of ether oxygens (including phenoxy) is 1. The molecule has 1 aliphatic rings. The number of nitriles is 1. The second-order valence-electron chi connectivity index (χ2n) is 4.10. The first-order valence-corrected chi connectivity index (χ1v) is 5.84. The van der Waals surface area contributed by atoms with Crippen LogP contribution in [0.3, 0.4) is 0 Å². The average molecular weight is 298 g/mol. The molecule has 0 unspecified atom stereocenters. The molecule has 0 N–H and O–H groups in total. The Morgan fingerprint density at radius 3 is 2.44 bits per heavy atom. The van der Waals surface area contributed by atoms with Gasteiger partial charge in [0.1, 0.15) is 0 Å². The summed E-state index contributed by atoms with van der Waals surface area (Å²) in [7, 11) is 0. The number of rotatable bonds is 1. The molecule has 0 fully saturated rings. The van der Waals surface area contributed by atoms with Crippen molar-refractivity contribution in [3.05, 3.63) is 41.5 Å². The first kappa shape index (κ1) is 11.4. The van der Waals surface area contributed by atoms with E-state index in [1.807, 2.05) is 44.2 Å². The van der Waals surface area contributed by atoms with Crippen LogP contribution >= 0.6 is 0 Å². The van der Waals surface area contributed by atoms with Crippen molar-refractivity contribution in [3.8, 4) is 6.07 Å². The van der Waals surface area contributed by atoms with Gasteiger partial charge in [-0.1, -0.05) is 0 Å². The van der Waals surface area contributed by atoms with Crippen molar-refractivity contribution >= 4 is 9.87 Å². The summed E-state index contributed by atoms with van der Waals surface area (Å²) in [5.41, 5.74) is 2.09. The maximum absolute atomic E-state index is 9.24. The Labute approximate surface area is 105 Å². The molecule has 81 valence electrons. The fourth-order valence-corrected chi connectivity index (χ4v) is 2.68. The molecule has 0 radical (unpaired) electrons. The van der Waals surface area contributed by atoms with Gasteiger partial charge < -0.3 is 0 Å². The van der Waals surface area contributed by atoms with Crippen LogP contribution in [-0.2, 0) is 22.6 Å². The van der Waals surface area contributed by atoms with E-state index in [1.54, 1.807) is 0 Å². The second kappa shape index (κ2) is 4.05. The van der Waals surface area contributed by atoms with E-state index in [-0.39, 0.29) is 0 Å². The first-order valence-electron chi connectivity index (χ1n) is 4.97. The van der Waals surface area contributed by atoms with Gasteiger partial charge in [0.25, 0.3) is 0 Å². The van der Waals surface area contributed by atoms with E-state index in [4.69, 9.17) is 4.74 Å². The zero-order chi connectivity index (χ0) is 11.8. The third-order valence-electron chi connectivity index (χ3n) is 2.56. The van der Waals surface area contributed by atoms with Gasteiger partial charge in [-0.25, -0.2) is 0 Å². The zero-order valence-corrected chi connectivity index (χ0v) is 10.8. The molecule has 0 amide bonds. The van der Waals surface area contributed by atoms with E-state index in [2.05, 4.69) is 23.9 Å². The summed E-state index contributed by atoms with van der Waals surface area (Å²) in [6.45, 7) is 3.82. The Kier molecular flexibility index (Phi) is 2.88. The van der Waals surface area contributed by atoms with Crippen molar-refractivity contribution in [2.45, 2.75) is 19.4 Å². The molecule has 0 aliphatic carbocycles. The van der Waals surface area contributed by atoms with Gasteiger partial charge in [-0.05, 0) is 0 Å². The third kappa shape index (κ3) is 1.80. The Morgan fingerprint density at radius 2 is 1.88 bits per heavy atom. The van der Waals surface area contributed by atoms with Crippen molar-refractivity contribution < 1.29 is 22.6 Å². The second-order valence-corrected chi connectivity index (χ2v) is 4.89. The minimum absolute atomic E-state index is 0.527. The van der Waals surface area contributed by atoms with Gasteiger partial charge in [-0.2, -0.15) is 0 Å². The fraction of sp³-hybridized carbons (Fsp3) is 0.231. The molecular weight excluding hydrogens is 287 g/mol. The standard InChI is InChI=1S/C13H11NO.Ru/c1-13(2)12(8-14)11(9-15-13)10-6-4-3-5-7-10;/h3-7H,1-2H3;/q;+1. The fourth-order valence-electron chi connectivity index (χ4n) is 1.77. The van der Waals surface area contributed by atoms with Gasteiger partial charge in [0.2, 0.25) is 0 Å². The van der Waals surface area contributed by atoms with Crippen LogP contribution < -0.4 is 0 Å². The zero-order valence-electron chi connectivity index (χ0n) is 9.10. The summed E-state index contributed by atoms with van der Waals surface area (Å²) in [5, 5.41) is 9.24. The number of hydrogen-bond acceptors (Lipinski definition) is 2. The molecule has 0 atom stereocenters. The molecule has 2 nitrogen and oxygen atoms in total. The Hall–Kier alpha value is -1.10. The van der Waals surface area contributed by atoms with Crippen LogP contribution in [0.15, 0.2) is 35.9 Å². The van der Waals surface area contributed by atoms with E-state index in [9.17, 15) is 5.26 Å². The van der Waals surface area contributed by atoms with E-state index in [1.165, 1.54) is 0 Å². The van der Waals surface area contributed by atoms with Gasteiger partial charge in [-0.3, -0.25) is 0 Å². The molecule has 0 saturated heterocycles. The molecule has 3 heteroatoms. The molecule has 0 spiro atoms. The molecule has 2 rings (SSSR count). The summed E-state index contributed by atoms with van der Waals surface area (Å²) in [6.07, 6.45) is 0. The van der Waals surface area contributed by atoms with Crippen LogP contribution in [0.25, 0.3) is 5.57 Å². The summed E-state index contributed by atoms with van der Waals surface area (Å²) >= 11 is 2.46. The minimum atomic E-state index is -0.527. The number of benzene rings is 1. The Balaban J connectivity index is 2.63. The van der Waals surface area contributed by atoms with Crippen molar-refractivity contribution in [2.24, 2.45) is 0 Å². The molecule has 0 aromatic heterocycles. The Morgan fingerprint density at radius 1 is 1.25 bits per heavy atom. The van der Waals surface area contributed by atoms with Gasteiger partial charge in [0.05, 0.1) is 0 Å². The number of hydrogen-bond donors (Lipinski definition) is 0. The predicted octanol–water partition coefficient (Wildman–Crippen LogP) is 2.45. The van der Waals surface area contributed by atoms with Gasteiger partial charge in [0.15, 0.2) is 0 Å². The third-order valence-corrected chi connectivity index (χ3v) is 3.17. The monoisotopic (exact) mass is 299 g/mol. The van der Waals surface area contributed by atoms with Crippen LogP contribution in [0.5, 0.6) is 0 Å². The van der Waals surface area contributed by atoms with E-state index < -0.39 is 5.60 Å². The van der Waals surface area contributed by atoms with Crippen LogP contribution in [0, 0.1) is 11.3 Å². The number of nitrogens with zero attached hydrogens (tertiary/aromatic N) is 1. The van der Waals surface area contributed by atoms with E-state index in [0.29, 0.717) is 5.57 Å². The van der Waals surface area contributed by atoms with Crippen molar-refractivity contribution in [2.75, 3.05) is 0 Å². The average Bonchev–Trinajstić information content (AvgIpc) is 2.48. The van der Waals surface area contributed by atoms with Crippen LogP contribution in [0.1, 0.15) is 19.4 Å². The quantitative estimate of drug-likeness (QED) is 0.746. The molecule has 0 bridgehead atoms. The molecule has 1 aliphatic heterocycles. The summed E-state index contributed by atoms with van der Waals surface area (Å²) in [5.74, 6) is 0. The SMILES string of the molecule is CC1(C)O[C](=[Ru+])C(c2ccccc2)=C1C#N. The van der Waals surface area contributed by atoms with Crippen LogP contribution in [0.4, 0.5) is 0 Å². The van der Waals surface area contributed by atoms with Gasteiger partial charge >= 0.3 is 105 Å². The summed E-state index contributed by atoms with van der Waals surface area (Å²) in [6, 6.07) is 12.1. The molecule has 1 heterocycles. The molecule has 16 heavy (non-hydrogen) atoms. The summed E-state index contributed by atoms with van der Waals surface area (Å²) in [4.78, 5) is 0. The van der Waals surface area contributed by atoms with Crippen molar-refractivity contribution in [1.29, 1.82) is 5.26 Å². The van der Waals surface area contributed by atoms with Gasteiger partial charge in [-0.15, -0.1) is 0 Å². The van der Waals surface area contributed by atoms with E-state index in [0.717, 1.165) is 15.4 Å². The summed E-state index contributed by atoms with van der Waals surface area (Å²) < 4.78 is 6.46. The van der Waals surface area contributed by atoms with Crippen molar-refractivity contribution in [1.82, 2.24) is 0 Å². The van der Waals surface area contributed by atoms with Crippen LogP contribution in [0.2, 0.25) is 0 Å². The van der Waals surface area contributed by atoms with Crippen LogP contribution in [-0.4, -0.2) is 9.89 Å². The first-order chi connectivity index (χ1) is 7.56. The van der Waals surface area contributed by atoms with Gasteiger partial charge in [0, 0.05) is 0 Å². The van der Waals surface area contributed by atoms with Crippen molar-refractivity contribution in [3.63, 3.8) is 0 Å². The topological polar surface area (TPSA) is 33.0 Å².